The molecule has 0 aliphatic carbocycles. The number of unbranched alkanes of at least 4 members (excludes halogenated alkanes) is 10. The summed E-state index contributed by atoms with van der Waals surface area (Å²) in [5.41, 5.74) is 2.42. The maximum atomic E-state index is 6.53. The topological polar surface area (TPSA) is 27.7 Å². The number of allylic oxidation sites excluding steroid dienone is 2. The molecule has 3 heteroatoms. The first-order valence-corrected chi connectivity index (χ1v) is 13.4. The van der Waals surface area contributed by atoms with Crippen molar-refractivity contribution in [3.05, 3.63) is 72.8 Å². The van der Waals surface area contributed by atoms with Crippen molar-refractivity contribution in [2.75, 3.05) is 14.2 Å². The lowest BCUT2D eigenvalue weighted by atomic mass is 10.0. The second kappa shape index (κ2) is 17.7. The van der Waals surface area contributed by atoms with Crippen LogP contribution in [0.4, 0.5) is 0 Å². The van der Waals surface area contributed by atoms with Crippen molar-refractivity contribution in [1.82, 2.24) is 0 Å². The van der Waals surface area contributed by atoms with Crippen molar-refractivity contribution in [3.63, 3.8) is 0 Å². The van der Waals surface area contributed by atoms with Gasteiger partial charge in [0.1, 0.15) is 23.0 Å². The molecule has 0 aliphatic heterocycles. The van der Waals surface area contributed by atoms with Crippen molar-refractivity contribution in [3.8, 4) is 23.0 Å². The van der Waals surface area contributed by atoms with E-state index in [0.29, 0.717) is 0 Å². The highest BCUT2D eigenvalue weighted by Crippen LogP contribution is 2.34. The molecule has 0 fully saturated rings. The minimum atomic E-state index is 0.879. The zero-order chi connectivity index (χ0) is 25.1. The molecule has 0 unspecified atom stereocenters. The van der Waals surface area contributed by atoms with Crippen LogP contribution in [0.1, 0.15) is 88.2 Å². The Morgan fingerprint density at radius 2 is 0.971 bits per heavy atom. The Morgan fingerprint density at radius 3 is 1.37 bits per heavy atom. The lowest BCUT2D eigenvalue weighted by molar-refractivity contribution is 0.408. The van der Waals surface area contributed by atoms with Crippen molar-refractivity contribution in [1.29, 1.82) is 0 Å². The molecule has 3 nitrogen and oxygen atoms in total. The molecule has 0 atom stereocenters. The molecule has 0 bridgehead atoms. The first-order chi connectivity index (χ1) is 17.2. The Hall–Kier alpha value is -2.68. The van der Waals surface area contributed by atoms with Gasteiger partial charge in [0, 0.05) is 0 Å². The first-order valence-electron chi connectivity index (χ1n) is 13.4. The number of hydrogen-bond donors (Lipinski definition) is 0. The molecule has 192 valence electrons. The highest BCUT2D eigenvalue weighted by molar-refractivity contribution is 5.47. The minimum Gasteiger partial charge on any atom is -0.497 e. The van der Waals surface area contributed by atoms with Gasteiger partial charge in [-0.2, -0.15) is 0 Å². The van der Waals surface area contributed by atoms with Crippen molar-refractivity contribution in [2.24, 2.45) is 0 Å². The summed E-state index contributed by atoms with van der Waals surface area (Å²) < 4.78 is 17.5. The Balaban J connectivity index is 2.02. The third-order valence-electron chi connectivity index (χ3n) is 6.46. The zero-order valence-corrected chi connectivity index (χ0v) is 22.2. The predicted octanol–water partition coefficient (Wildman–Crippen LogP) is 9.63. The van der Waals surface area contributed by atoms with Gasteiger partial charge in [0.15, 0.2) is 0 Å². The standard InChI is InChI=1S/C32H46O3/c1-5-7-9-11-13-15-17-19-27-25-29(33-3)21-23-31(27)35-32-24-22-30(34-4)26-28(32)20-18-16-14-12-10-8-6-2/h5-6,21-26H,1-2,7-20H2,3-4H3. The molecular formula is C32H46O3. The normalized spacial score (nSPS) is 10.7. The molecule has 0 radical (unpaired) electrons. The molecular weight excluding hydrogens is 432 g/mol. The molecule has 0 amide bonds. The average Bonchev–Trinajstić information content (AvgIpc) is 2.89. The van der Waals surface area contributed by atoms with Gasteiger partial charge in [0.05, 0.1) is 14.2 Å². The lowest BCUT2D eigenvalue weighted by Crippen LogP contribution is -1.98. The number of benzene rings is 2. The molecule has 2 aromatic rings. The van der Waals surface area contributed by atoms with Crippen LogP contribution in [-0.4, -0.2) is 14.2 Å². The molecule has 0 aliphatic rings. The monoisotopic (exact) mass is 478 g/mol. The Morgan fingerprint density at radius 1 is 0.571 bits per heavy atom. The van der Waals surface area contributed by atoms with Gasteiger partial charge < -0.3 is 14.2 Å². The molecule has 2 rings (SSSR count). The molecule has 0 heterocycles. The van der Waals surface area contributed by atoms with E-state index in [-0.39, 0.29) is 0 Å². The summed E-state index contributed by atoms with van der Waals surface area (Å²) in [6.45, 7) is 7.62. The predicted molar refractivity (Wildman–Crippen MR) is 149 cm³/mol. The summed E-state index contributed by atoms with van der Waals surface area (Å²) >= 11 is 0. The maximum Gasteiger partial charge on any atom is 0.130 e. The van der Waals surface area contributed by atoms with E-state index in [4.69, 9.17) is 14.2 Å². The van der Waals surface area contributed by atoms with Gasteiger partial charge in [0.2, 0.25) is 0 Å². The largest absolute Gasteiger partial charge is 0.497 e. The van der Waals surface area contributed by atoms with Gasteiger partial charge in [-0.05, 0) is 98.9 Å². The summed E-state index contributed by atoms with van der Waals surface area (Å²) in [4.78, 5) is 0. The minimum absolute atomic E-state index is 0.879. The SMILES string of the molecule is C=CCCCCCCCc1cc(OC)ccc1Oc1ccc(OC)cc1CCCCCCCC=C. The van der Waals surface area contributed by atoms with Crippen LogP contribution in [0.15, 0.2) is 61.7 Å². The van der Waals surface area contributed by atoms with Gasteiger partial charge in [-0.1, -0.05) is 50.7 Å². The van der Waals surface area contributed by atoms with Gasteiger partial charge in [-0.25, -0.2) is 0 Å². The lowest BCUT2D eigenvalue weighted by Gasteiger charge is -2.16. The first kappa shape index (κ1) is 28.6. The Bertz CT molecular complexity index is 800. The third kappa shape index (κ3) is 11.1. The summed E-state index contributed by atoms with van der Waals surface area (Å²) in [5, 5.41) is 0. The smallest absolute Gasteiger partial charge is 0.130 e. The van der Waals surface area contributed by atoms with Crippen molar-refractivity contribution in [2.45, 2.75) is 89.9 Å². The fourth-order valence-corrected chi connectivity index (χ4v) is 4.34. The second-order valence-corrected chi connectivity index (χ2v) is 9.24. The van der Waals surface area contributed by atoms with Crippen LogP contribution >= 0.6 is 0 Å². The van der Waals surface area contributed by atoms with Crippen LogP contribution in [0.5, 0.6) is 23.0 Å². The average molecular weight is 479 g/mol. The highest BCUT2D eigenvalue weighted by atomic mass is 16.5. The Kier molecular flexibility index (Phi) is 14.5. The number of ether oxygens (including phenoxy) is 3. The number of aryl methyl sites for hydroxylation is 2. The molecule has 0 saturated carbocycles. The van der Waals surface area contributed by atoms with Crippen LogP contribution in [0, 0.1) is 0 Å². The van der Waals surface area contributed by atoms with Gasteiger partial charge in [-0.3, -0.25) is 0 Å². The van der Waals surface area contributed by atoms with Crippen molar-refractivity contribution < 1.29 is 14.2 Å². The highest BCUT2D eigenvalue weighted by Gasteiger charge is 2.12. The van der Waals surface area contributed by atoms with E-state index in [9.17, 15) is 0 Å². The number of rotatable bonds is 20. The summed E-state index contributed by atoms with van der Waals surface area (Å²) in [5.74, 6) is 3.61. The van der Waals surface area contributed by atoms with Crippen LogP contribution in [0.2, 0.25) is 0 Å². The number of hydrogen-bond acceptors (Lipinski definition) is 3. The molecule has 0 aromatic heterocycles. The van der Waals surface area contributed by atoms with Gasteiger partial charge in [0.25, 0.3) is 0 Å². The van der Waals surface area contributed by atoms with E-state index in [1.165, 1.54) is 62.5 Å². The summed E-state index contributed by atoms with van der Waals surface area (Å²) in [7, 11) is 3.44. The van der Waals surface area contributed by atoms with Crippen molar-refractivity contribution >= 4 is 0 Å². The fraction of sp³-hybridized carbons (Fsp3) is 0.500. The quantitative estimate of drug-likeness (QED) is 0.140. The van der Waals surface area contributed by atoms with E-state index < -0.39 is 0 Å². The summed E-state index contributed by atoms with van der Waals surface area (Å²) in [6.07, 6.45) is 20.6. The summed E-state index contributed by atoms with van der Waals surface area (Å²) in [6, 6.07) is 12.3. The second-order valence-electron chi connectivity index (χ2n) is 9.24. The van der Waals surface area contributed by atoms with E-state index >= 15 is 0 Å². The van der Waals surface area contributed by atoms with Gasteiger partial charge >= 0.3 is 0 Å². The Labute approximate surface area is 214 Å². The maximum absolute atomic E-state index is 6.53. The van der Waals surface area contributed by atoms with E-state index in [0.717, 1.165) is 61.5 Å². The van der Waals surface area contributed by atoms with Crippen LogP contribution in [0.25, 0.3) is 0 Å². The van der Waals surface area contributed by atoms with E-state index in [1.54, 1.807) is 14.2 Å². The van der Waals surface area contributed by atoms with E-state index in [2.05, 4.69) is 25.3 Å². The van der Waals surface area contributed by atoms with Crippen LogP contribution < -0.4 is 14.2 Å². The molecule has 0 spiro atoms. The zero-order valence-electron chi connectivity index (χ0n) is 22.2. The van der Waals surface area contributed by atoms with E-state index in [1.807, 2.05) is 36.4 Å². The molecule has 2 aromatic carbocycles. The third-order valence-corrected chi connectivity index (χ3v) is 6.46. The fourth-order valence-electron chi connectivity index (χ4n) is 4.34. The number of methoxy groups -OCH3 is 2. The van der Waals surface area contributed by atoms with Crippen LogP contribution in [0.3, 0.4) is 0 Å². The molecule has 0 N–H and O–H groups in total. The van der Waals surface area contributed by atoms with Crippen LogP contribution in [-0.2, 0) is 12.8 Å². The molecule has 35 heavy (non-hydrogen) atoms. The molecule has 0 saturated heterocycles. The van der Waals surface area contributed by atoms with Gasteiger partial charge in [-0.15, -0.1) is 13.2 Å².